The van der Waals surface area contributed by atoms with Gasteiger partial charge in [0.15, 0.2) is 11.5 Å². The molecule has 2 bridgehead atoms. The first-order valence-corrected chi connectivity index (χ1v) is 15.8. The lowest BCUT2D eigenvalue weighted by atomic mass is 9.38. The minimum Gasteiger partial charge on any atom is -0.479 e. The van der Waals surface area contributed by atoms with Crippen molar-refractivity contribution in [2.24, 2.45) is 40.4 Å². The Morgan fingerprint density at radius 2 is 1.72 bits per heavy atom. The number of aliphatic hydroxyl groups is 6. The number of carboxylic acids is 1. The highest BCUT2D eigenvalue weighted by Crippen LogP contribution is 2.72. The van der Waals surface area contributed by atoms with Crippen LogP contribution in [-0.4, -0.2) is 133 Å². The number of fused-ring (bicyclic) bond motifs is 2. The standard InChI is InChI=1S/C31H42O16/c1-10(2)5-16(33)47-22-24-30-9-43-31(24,28(41)42)25(39)21(38)23(30)29(4)7-13(17(34)11(3)12(29)6-15(30)46-26(22)40)44-27-20(37)19(36)18(35)14(8-32)45-27/h7,10-12,14-15,18-25,27,32,35-39H,5-6,8-9H2,1-4H3,(H,41,42)/t11-,12-,14+,15+,18+,19-,20+,21+,22+,23+,24+,25-,27+,29-,30+,31+/m0/s1. The van der Waals surface area contributed by atoms with Crippen LogP contribution in [0.15, 0.2) is 11.8 Å². The Kier molecular flexibility index (Phi) is 8.32. The fraction of sp³-hybridized carbons (Fsp3) is 0.806. The Bertz CT molecular complexity index is 1360. The molecule has 3 saturated heterocycles. The van der Waals surface area contributed by atoms with Gasteiger partial charge in [-0.3, -0.25) is 9.59 Å². The minimum absolute atomic E-state index is 0.0144. The molecule has 0 unspecified atom stereocenters. The van der Waals surface area contributed by atoms with Crippen molar-refractivity contribution in [3.63, 3.8) is 0 Å². The lowest BCUT2D eigenvalue weighted by molar-refractivity contribution is -0.296. The first-order chi connectivity index (χ1) is 22.0. The molecule has 16 atom stereocenters. The van der Waals surface area contributed by atoms with E-state index >= 15 is 0 Å². The Balaban J connectivity index is 1.46. The van der Waals surface area contributed by atoms with Gasteiger partial charge >= 0.3 is 17.9 Å². The predicted molar refractivity (Wildman–Crippen MR) is 150 cm³/mol. The quantitative estimate of drug-likeness (QED) is 0.140. The monoisotopic (exact) mass is 670 g/mol. The van der Waals surface area contributed by atoms with Gasteiger partial charge in [0.1, 0.15) is 36.6 Å². The molecule has 6 rings (SSSR count). The summed E-state index contributed by atoms with van der Waals surface area (Å²) in [7, 11) is 0. The van der Waals surface area contributed by atoms with E-state index in [1.807, 2.05) is 0 Å². The van der Waals surface area contributed by atoms with Gasteiger partial charge in [-0.2, -0.15) is 0 Å². The zero-order valence-electron chi connectivity index (χ0n) is 26.3. The van der Waals surface area contributed by atoms with E-state index < -0.39 is 132 Å². The molecule has 0 aromatic heterocycles. The summed E-state index contributed by atoms with van der Waals surface area (Å²) in [6.07, 6.45) is -13.8. The molecule has 16 nitrogen and oxygen atoms in total. The molecule has 0 aromatic rings. The number of ketones is 1. The summed E-state index contributed by atoms with van der Waals surface area (Å²) < 4.78 is 28.7. The summed E-state index contributed by atoms with van der Waals surface area (Å²) in [5.74, 6) is -8.72. The van der Waals surface area contributed by atoms with Crippen LogP contribution in [0, 0.1) is 40.4 Å². The second-order valence-corrected chi connectivity index (χ2v) is 14.5. The number of allylic oxidation sites excluding steroid dienone is 2. The Labute approximate surface area is 269 Å². The molecule has 0 aromatic carbocycles. The molecule has 0 amide bonds. The molecule has 3 aliphatic heterocycles. The van der Waals surface area contributed by atoms with Crippen molar-refractivity contribution in [3.05, 3.63) is 11.8 Å². The van der Waals surface area contributed by atoms with Crippen molar-refractivity contribution >= 4 is 23.7 Å². The van der Waals surface area contributed by atoms with Gasteiger partial charge in [-0.25, -0.2) is 9.59 Å². The minimum atomic E-state index is -2.55. The van der Waals surface area contributed by atoms with E-state index in [4.69, 9.17) is 23.7 Å². The third-order valence-electron chi connectivity index (χ3n) is 11.6. The molecular weight excluding hydrogens is 628 g/mol. The van der Waals surface area contributed by atoms with Crippen LogP contribution in [0.4, 0.5) is 0 Å². The maximum Gasteiger partial charge on any atom is 0.348 e. The topological polar surface area (TPSA) is 256 Å². The van der Waals surface area contributed by atoms with Crippen molar-refractivity contribution < 1.29 is 78.6 Å². The number of carboxylic acid groups (broad SMARTS) is 1. The molecule has 2 saturated carbocycles. The summed E-state index contributed by atoms with van der Waals surface area (Å²) in [5, 5.41) is 74.7. The maximum atomic E-state index is 13.7. The van der Waals surface area contributed by atoms with E-state index in [9.17, 15) is 54.9 Å². The zero-order valence-corrected chi connectivity index (χ0v) is 26.3. The highest BCUT2D eigenvalue weighted by atomic mass is 16.7. The lowest BCUT2D eigenvalue weighted by Gasteiger charge is -2.67. The second-order valence-electron chi connectivity index (χ2n) is 14.5. The van der Waals surface area contributed by atoms with Crippen LogP contribution < -0.4 is 0 Å². The molecule has 3 heterocycles. The third kappa shape index (κ3) is 4.56. The number of rotatable bonds is 7. The molecule has 16 heteroatoms. The van der Waals surface area contributed by atoms with Crippen molar-refractivity contribution in [1.29, 1.82) is 0 Å². The molecular formula is C31H42O16. The van der Waals surface area contributed by atoms with Crippen LogP contribution in [0.2, 0.25) is 0 Å². The van der Waals surface area contributed by atoms with E-state index in [0.717, 1.165) is 0 Å². The number of hydrogen-bond donors (Lipinski definition) is 7. The molecule has 262 valence electrons. The molecule has 5 fully saturated rings. The van der Waals surface area contributed by atoms with Crippen LogP contribution in [0.3, 0.4) is 0 Å². The highest BCUT2D eigenvalue weighted by molar-refractivity contribution is 5.96. The number of esters is 2. The van der Waals surface area contributed by atoms with Gasteiger partial charge in [0.05, 0.1) is 25.2 Å². The van der Waals surface area contributed by atoms with Crippen molar-refractivity contribution in [1.82, 2.24) is 0 Å². The maximum absolute atomic E-state index is 13.7. The fourth-order valence-corrected chi connectivity index (χ4v) is 9.56. The van der Waals surface area contributed by atoms with Crippen LogP contribution in [0.25, 0.3) is 0 Å². The van der Waals surface area contributed by atoms with Crippen LogP contribution in [0.5, 0.6) is 0 Å². The van der Waals surface area contributed by atoms with E-state index in [1.54, 1.807) is 27.7 Å². The number of aliphatic carboxylic acids is 1. The Morgan fingerprint density at radius 3 is 2.34 bits per heavy atom. The van der Waals surface area contributed by atoms with E-state index in [-0.39, 0.29) is 24.5 Å². The van der Waals surface area contributed by atoms with E-state index in [1.165, 1.54) is 6.08 Å². The number of hydrogen-bond acceptors (Lipinski definition) is 15. The number of Topliss-reactive ketones (excluding diaryl/α,β-unsaturated/α-hetero) is 1. The molecule has 1 spiro atoms. The number of carbonyl (C=O) groups is 4. The van der Waals surface area contributed by atoms with E-state index in [2.05, 4.69) is 0 Å². The molecule has 0 radical (unpaired) electrons. The third-order valence-corrected chi connectivity index (χ3v) is 11.6. The van der Waals surface area contributed by atoms with Crippen molar-refractivity contribution in [3.8, 4) is 0 Å². The Morgan fingerprint density at radius 1 is 1.04 bits per heavy atom. The molecule has 7 N–H and O–H groups in total. The van der Waals surface area contributed by atoms with Gasteiger partial charge in [-0.15, -0.1) is 0 Å². The zero-order chi connectivity index (χ0) is 34.5. The number of ether oxygens (including phenoxy) is 5. The lowest BCUT2D eigenvalue weighted by Crippen LogP contribution is -2.79. The van der Waals surface area contributed by atoms with Crippen LogP contribution in [0.1, 0.15) is 40.5 Å². The summed E-state index contributed by atoms with van der Waals surface area (Å²) in [6, 6.07) is 0. The molecule has 6 aliphatic rings. The largest absolute Gasteiger partial charge is 0.479 e. The van der Waals surface area contributed by atoms with Gasteiger partial charge in [-0.05, 0) is 29.7 Å². The summed E-state index contributed by atoms with van der Waals surface area (Å²) in [6.45, 7) is 5.63. The first kappa shape index (κ1) is 34.2. The van der Waals surface area contributed by atoms with Gasteiger partial charge in [0.25, 0.3) is 0 Å². The van der Waals surface area contributed by atoms with Gasteiger partial charge in [-0.1, -0.05) is 27.7 Å². The van der Waals surface area contributed by atoms with Crippen molar-refractivity contribution in [2.45, 2.75) is 101 Å². The summed E-state index contributed by atoms with van der Waals surface area (Å²) in [4.78, 5) is 53.1. The highest BCUT2D eigenvalue weighted by Gasteiger charge is 2.85. The SMILES string of the molecule is CC(C)CC(=O)O[C@H]1C(=O)O[C@@H]2C[C@H]3[C@H](C)C(=O)C(O[C@@H]4O[C@H](CO)[C@@H](O)[C@H](O)[C@H]4O)=C[C@]3(C)[C@H]3[C@@H](O)[C@H](O)[C@]4(C(=O)O)OC[C@]32[C@@H]14. The second kappa shape index (κ2) is 11.4. The van der Waals surface area contributed by atoms with Crippen molar-refractivity contribution in [2.75, 3.05) is 13.2 Å². The van der Waals surface area contributed by atoms with Gasteiger partial charge in [0.2, 0.25) is 18.0 Å². The van der Waals surface area contributed by atoms with Crippen LogP contribution >= 0.6 is 0 Å². The normalized spacial score (nSPS) is 50.2. The van der Waals surface area contributed by atoms with Crippen LogP contribution in [-0.2, 0) is 42.9 Å². The van der Waals surface area contributed by atoms with E-state index in [0.29, 0.717) is 0 Å². The average molecular weight is 671 g/mol. The summed E-state index contributed by atoms with van der Waals surface area (Å²) in [5.41, 5.74) is -5.38. The Hall–Kier alpha value is -2.70. The first-order valence-electron chi connectivity index (χ1n) is 15.8. The molecule has 47 heavy (non-hydrogen) atoms. The fourth-order valence-electron chi connectivity index (χ4n) is 9.56. The summed E-state index contributed by atoms with van der Waals surface area (Å²) >= 11 is 0. The number of carbonyl (C=O) groups excluding carboxylic acids is 3. The average Bonchev–Trinajstić information content (AvgIpc) is 3.31. The number of aliphatic hydroxyl groups excluding tert-OH is 6. The predicted octanol–water partition coefficient (Wildman–Crippen LogP) is -2.38. The smallest absolute Gasteiger partial charge is 0.348 e. The van der Waals surface area contributed by atoms with Gasteiger partial charge in [0, 0.05) is 23.7 Å². The van der Waals surface area contributed by atoms with Gasteiger partial charge < -0.3 is 59.4 Å². The molecule has 3 aliphatic carbocycles.